The lowest BCUT2D eigenvalue weighted by molar-refractivity contribution is 0.298. The maximum absolute atomic E-state index is 12.3. The molecule has 0 spiro atoms. The van der Waals surface area contributed by atoms with Gasteiger partial charge in [-0.2, -0.15) is 0 Å². The lowest BCUT2D eigenvalue weighted by Gasteiger charge is -2.08. The molecule has 4 heteroatoms. The predicted molar refractivity (Wildman–Crippen MR) is 132 cm³/mol. The van der Waals surface area contributed by atoms with Crippen molar-refractivity contribution in [3.63, 3.8) is 0 Å². The molecule has 0 fully saturated rings. The van der Waals surface area contributed by atoms with E-state index in [-0.39, 0.29) is 5.43 Å². The lowest BCUT2D eigenvalue weighted by Crippen LogP contribution is -2.04. The van der Waals surface area contributed by atoms with Crippen LogP contribution in [-0.4, -0.2) is 13.2 Å². The minimum absolute atomic E-state index is 0.148. The zero-order valence-corrected chi connectivity index (χ0v) is 19.9. The Kier molecular flexibility index (Phi) is 13.0. The van der Waals surface area contributed by atoms with Gasteiger partial charge < -0.3 is 14.2 Å². The molecule has 0 heterocycles. The summed E-state index contributed by atoms with van der Waals surface area (Å²) >= 11 is 0. The first-order chi connectivity index (χ1) is 15.7. The van der Waals surface area contributed by atoms with Crippen molar-refractivity contribution in [1.82, 2.24) is 0 Å². The molecule has 0 aliphatic carbocycles. The van der Waals surface area contributed by atoms with E-state index in [2.05, 4.69) is 13.8 Å². The van der Waals surface area contributed by atoms with Crippen molar-refractivity contribution in [1.29, 1.82) is 0 Å². The third-order valence-corrected chi connectivity index (χ3v) is 5.39. The smallest absolute Gasteiger partial charge is 0.220 e. The van der Waals surface area contributed by atoms with Crippen molar-refractivity contribution in [3.8, 4) is 17.2 Å². The SMILES string of the molecule is CCCCCCCCOc1ccc(COc2ccc(OCCCCCC)ccc2=O)cc1. The summed E-state index contributed by atoms with van der Waals surface area (Å²) in [4.78, 5) is 12.3. The second-order valence-electron chi connectivity index (χ2n) is 8.26. The molecule has 2 aromatic rings. The molecule has 4 nitrogen and oxygen atoms in total. The van der Waals surface area contributed by atoms with Crippen LogP contribution in [0.25, 0.3) is 0 Å². The second-order valence-corrected chi connectivity index (χ2v) is 8.26. The van der Waals surface area contributed by atoms with Crippen LogP contribution in [0.3, 0.4) is 0 Å². The first kappa shape index (κ1) is 25.8. The highest BCUT2D eigenvalue weighted by Crippen LogP contribution is 2.16. The van der Waals surface area contributed by atoms with Crippen LogP contribution in [0.1, 0.15) is 83.6 Å². The van der Waals surface area contributed by atoms with E-state index in [0.29, 0.717) is 24.7 Å². The van der Waals surface area contributed by atoms with Crippen molar-refractivity contribution < 1.29 is 14.2 Å². The summed E-state index contributed by atoms with van der Waals surface area (Å²) in [6.45, 7) is 6.19. The molecule has 0 unspecified atom stereocenters. The Morgan fingerprint density at radius 3 is 1.69 bits per heavy atom. The molecule has 0 atom stereocenters. The maximum atomic E-state index is 12.3. The van der Waals surface area contributed by atoms with E-state index in [1.54, 1.807) is 18.2 Å². The Hall–Kier alpha value is -2.49. The van der Waals surface area contributed by atoms with Crippen molar-refractivity contribution in [3.05, 3.63) is 64.3 Å². The first-order valence-corrected chi connectivity index (χ1v) is 12.3. The van der Waals surface area contributed by atoms with Crippen molar-refractivity contribution in [2.75, 3.05) is 13.2 Å². The zero-order chi connectivity index (χ0) is 22.9. The maximum Gasteiger partial charge on any atom is 0.220 e. The average molecular weight is 441 g/mol. The van der Waals surface area contributed by atoms with E-state index in [9.17, 15) is 4.79 Å². The van der Waals surface area contributed by atoms with E-state index in [0.717, 1.165) is 30.8 Å². The summed E-state index contributed by atoms with van der Waals surface area (Å²) in [5.74, 6) is 1.90. The highest BCUT2D eigenvalue weighted by molar-refractivity contribution is 5.30. The standard InChI is InChI=1S/C28H40O4/c1-3-5-7-9-10-12-22-30-25-15-13-24(14-16-25)23-32-28-20-18-26(17-19-27(28)29)31-21-11-8-6-4-2/h13-20H,3-12,21-23H2,1-2H3. The highest BCUT2D eigenvalue weighted by atomic mass is 16.5. The van der Waals surface area contributed by atoms with Crippen LogP contribution in [0, 0.1) is 0 Å². The molecule has 2 rings (SSSR count). The molecule has 0 bridgehead atoms. The van der Waals surface area contributed by atoms with Crippen LogP contribution in [0.5, 0.6) is 17.2 Å². The Bertz CT molecular complexity index is 801. The van der Waals surface area contributed by atoms with Crippen LogP contribution in [0.15, 0.2) is 53.3 Å². The van der Waals surface area contributed by atoms with E-state index in [1.807, 2.05) is 24.3 Å². The molecule has 0 N–H and O–H groups in total. The summed E-state index contributed by atoms with van der Waals surface area (Å²) in [7, 11) is 0. The van der Waals surface area contributed by atoms with Gasteiger partial charge in [-0.25, -0.2) is 0 Å². The fourth-order valence-electron chi connectivity index (χ4n) is 3.39. The summed E-state index contributed by atoms with van der Waals surface area (Å²) in [5, 5.41) is 0. The lowest BCUT2D eigenvalue weighted by atomic mass is 10.1. The van der Waals surface area contributed by atoms with Gasteiger partial charge in [-0.1, -0.05) is 77.3 Å². The minimum atomic E-state index is -0.148. The fraction of sp³-hybridized carbons (Fsp3) is 0.536. The Morgan fingerprint density at radius 2 is 1.06 bits per heavy atom. The quantitative estimate of drug-likeness (QED) is 0.242. The van der Waals surface area contributed by atoms with Crippen molar-refractivity contribution >= 4 is 0 Å². The molecule has 176 valence electrons. The number of hydrogen-bond acceptors (Lipinski definition) is 4. The molecule has 0 saturated heterocycles. The van der Waals surface area contributed by atoms with Gasteiger partial charge in [-0.15, -0.1) is 0 Å². The number of unbranched alkanes of at least 4 members (excludes halogenated alkanes) is 8. The molecule has 0 radical (unpaired) electrons. The van der Waals surface area contributed by atoms with Crippen LogP contribution in [0.4, 0.5) is 0 Å². The van der Waals surface area contributed by atoms with Gasteiger partial charge in [0.15, 0.2) is 5.75 Å². The van der Waals surface area contributed by atoms with Gasteiger partial charge in [-0.3, -0.25) is 4.79 Å². The summed E-state index contributed by atoms with van der Waals surface area (Å²) in [6.07, 6.45) is 12.2. The largest absolute Gasteiger partial charge is 0.494 e. The molecule has 0 aliphatic rings. The molecule has 0 aromatic heterocycles. The number of benzene rings is 1. The van der Waals surface area contributed by atoms with Crippen LogP contribution < -0.4 is 19.6 Å². The van der Waals surface area contributed by atoms with E-state index >= 15 is 0 Å². The number of rotatable bonds is 17. The van der Waals surface area contributed by atoms with Gasteiger partial charge in [0.25, 0.3) is 0 Å². The van der Waals surface area contributed by atoms with Gasteiger partial charge in [0, 0.05) is 0 Å². The molecular weight excluding hydrogens is 400 g/mol. The van der Waals surface area contributed by atoms with Gasteiger partial charge in [0.2, 0.25) is 5.43 Å². The average Bonchev–Trinajstić information content (AvgIpc) is 2.99. The first-order valence-electron chi connectivity index (χ1n) is 12.3. The van der Waals surface area contributed by atoms with Gasteiger partial charge in [0.05, 0.1) is 13.2 Å². The molecule has 32 heavy (non-hydrogen) atoms. The summed E-state index contributed by atoms with van der Waals surface area (Å²) in [6, 6.07) is 14.6. The second kappa shape index (κ2) is 16.2. The third-order valence-electron chi connectivity index (χ3n) is 5.39. The van der Waals surface area contributed by atoms with Crippen LogP contribution in [0.2, 0.25) is 0 Å². The fourth-order valence-corrected chi connectivity index (χ4v) is 3.39. The van der Waals surface area contributed by atoms with E-state index in [4.69, 9.17) is 14.2 Å². The highest BCUT2D eigenvalue weighted by Gasteiger charge is 2.02. The number of hydrogen-bond donors (Lipinski definition) is 0. The number of ether oxygens (including phenoxy) is 3. The van der Waals surface area contributed by atoms with E-state index in [1.165, 1.54) is 57.4 Å². The Balaban J connectivity index is 1.74. The predicted octanol–water partition coefficient (Wildman–Crippen LogP) is 7.32. The topological polar surface area (TPSA) is 44.8 Å². The summed E-state index contributed by atoms with van der Waals surface area (Å²) < 4.78 is 17.4. The summed E-state index contributed by atoms with van der Waals surface area (Å²) in [5.41, 5.74) is 0.847. The third kappa shape index (κ3) is 10.7. The monoisotopic (exact) mass is 440 g/mol. The minimum Gasteiger partial charge on any atom is -0.494 e. The van der Waals surface area contributed by atoms with Crippen molar-refractivity contribution in [2.45, 2.75) is 84.7 Å². The molecule has 0 saturated carbocycles. The van der Waals surface area contributed by atoms with Crippen LogP contribution in [-0.2, 0) is 6.61 Å². The Labute approximate surface area is 193 Å². The van der Waals surface area contributed by atoms with Gasteiger partial charge in [0.1, 0.15) is 18.1 Å². The van der Waals surface area contributed by atoms with Crippen LogP contribution >= 0.6 is 0 Å². The molecular formula is C28H40O4. The normalized spacial score (nSPS) is 10.7. The van der Waals surface area contributed by atoms with E-state index < -0.39 is 0 Å². The molecule has 0 amide bonds. The molecule has 2 aromatic carbocycles. The van der Waals surface area contributed by atoms with Crippen molar-refractivity contribution in [2.24, 2.45) is 0 Å². The van der Waals surface area contributed by atoms with Gasteiger partial charge >= 0.3 is 0 Å². The Morgan fingerprint density at radius 1 is 0.562 bits per heavy atom. The molecule has 0 aliphatic heterocycles. The zero-order valence-electron chi connectivity index (χ0n) is 19.9. The van der Waals surface area contributed by atoms with Gasteiger partial charge in [-0.05, 0) is 54.8 Å².